The van der Waals surface area contributed by atoms with Gasteiger partial charge in [0.15, 0.2) is 0 Å². The molecular weight excluding hydrogens is 366 g/mol. The first-order valence-electron chi connectivity index (χ1n) is 8.49. The van der Waals surface area contributed by atoms with Gasteiger partial charge in [-0.25, -0.2) is 13.2 Å². The fourth-order valence-corrected chi connectivity index (χ4v) is 3.82. The minimum atomic E-state index is -3.88. The normalized spacial score (nSPS) is 12.0. The van der Waals surface area contributed by atoms with Crippen LogP contribution in [0.2, 0.25) is 0 Å². The first-order valence-corrected chi connectivity index (χ1v) is 9.97. The molecule has 2 aromatic carbocycles. The highest BCUT2D eigenvalue weighted by molar-refractivity contribution is 7.92. The van der Waals surface area contributed by atoms with Gasteiger partial charge in [-0.3, -0.25) is 4.72 Å². The molecule has 2 aromatic rings. The molecule has 7 heteroatoms. The molecule has 146 valence electrons. The Labute approximate surface area is 160 Å². The molecule has 0 radical (unpaired) electrons. The van der Waals surface area contributed by atoms with Crippen molar-refractivity contribution in [2.75, 3.05) is 4.72 Å². The van der Waals surface area contributed by atoms with E-state index < -0.39 is 16.0 Å². The summed E-state index contributed by atoms with van der Waals surface area (Å²) in [6.45, 7) is 9.47. The molecule has 27 heavy (non-hydrogen) atoms. The standard InChI is InChI=1S/C20H25NO5S/c1-13-9-15(12-26-20(3,4)5)11-16(10-13)27(24,25)21-18-8-6-7-17(14(18)2)19(22)23/h6-11,21H,12H2,1-5H3,(H,22,23). The fourth-order valence-electron chi connectivity index (χ4n) is 2.54. The quantitative estimate of drug-likeness (QED) is 0.773. The van der Waals surface area contributed by atoms with Crippen LogP contribution in [0.5, 0.6) is 0 Å². The summed E-state index contributed by atoms with van der Waals surface area (Å²) >= 11 is 0. The third kappa shape index (κ3) is 5.55. The van der Waals surface area contributed by atoms with Crippen LogP contribution in [0, 0.1) is 13.8 Å². The Morgan fingerprint density at radius 2 is 1.81 bits per heavy atom. The highest BCUT2D eigenvalue weighted by atomic mass is 32.2. The van der Waals surface area contributed by atoms with E-state index >= 15 is 0 Å². The summed E-state index contributed by atoms with van der Waals surface area (Å²) in [5, 5.41) is 9.21. The minimum Gasteiger partial charge on any atom is -0.478 e. The van der Waals surface area contributed by atoms with Crippen molar-refractivity contribution in [1.29, 1.82) is 0 Å². The number of ether oxygens (including phenoxy) is 1. The van der Waals surface area contributed by atoms with E-state index in [-0.39, 0.29) is 21.7 Å². The second kappa shape index (κ2) is 7.70. The molecule has 0 unspecified atom stereocenters. The number of carboxylic acid groups (broad SMARTS) is 1. The zero-order chi connectivity index (χ0) is 20.4. The van der Waals surface area contributed by atoms with Crippen LogP contribution in [0.15, 0.2) is 41.3 Å². The van der Waals surface area contributed by atoms with Gasteiger partial charge in [0.05, 0.1) is 28.4 Å². The number of rotatable bonds is 6. The molecular formula is C20H25NO5S. The Balaban J connectivity index is 2.36. The van der Waals surface area contributed by atoms with Crippen molar-refractivity contribution in [2.24, 2.45) is 0 Å². The van der Waals surface area contributed by atoms with Crippen molar-refractivity contribution in [3.05, 3.63) is 58.7 Å². The molecule has 0 aromatic heterocycles. The Morgan fingerprint density at radius 1 is 1.15 bits per heavy atom. The predicted octanol–water partition coefficient (Wildman–Crippen LogP) is 4.12. The summed E-state index contributed by atoms with van der Waals surface area (Å²) in [5.74, 6) is -1.11. The molecule has 0 fully saturated rings. The Morgan fingerprint density at radius 3 is 2.41 bits per heavy atom. The summed E-state index contributed by atoms with van der Waals surface area (Å²) in [6, 6.07) is 9.49. The number of aryl methyl sites for hydroxylation is 1. The molecule has 0 bridgehead atoms. The number of nitrogens with one attached hydrogen (secondary N) is 1. The Bertz CT molecular complexity index is 959. The van der Waals surface area contributed by atoms with Gasteiger partial charge in [0.2, 0.25) is 0 Å². The van der Waals surface area contributed by atoms with Gasteiger partial charge in [-0.05, 0) is 75.6 Å². The molecule has 0 aliphatic heterocycles. The molecule has 0 spiro atoms. The molecule has 2 N–H and O–H groups in total. The van der Waals surface area contributed by atoms with Crippen molar-refractivity contribution in [3.63, 3.8) is 0 Å². The van der Waals surface area contributed by atoms with Gasteiger partial charge in [0.25, 0.3) is 10.0 Å². The molecule has 2 rings (SSSR count). The lowest BCUT2D eigenvalue weighted by molar-refractivity contribution is -0.0150. The van der Waals surface area contributed by atoms with E-state index in [0.717, 1.165) is 11.1 Å². The number of sulfonamides is 1. The summed E-state index contributed by atoms with van der Waals surface area (Å²) in [7, 11) is -3.88. The summed E-state index contributed by atoms with van der Waals surface area (Å²) in [6.07, 6.45) is 0. The van der Waals surface area contributed by atoms with E-state index in [1.807, 2.05) is 33.8 Å². The molecule has 0 aliphatic rings. The highest BCUT2D eigenvalue weighted by Gasteiger charge is 2.19. The van der Waals surface area contributed by atoms with Crippen molar-refractivity contribution in [1.82, 2.24) is 0 Å². The molecule has 0 atom stereocenters. The SMILES string of the molecule is Cc1cc(COC(C)(C)C)cc(S(=O)(=O)Nc2cccc(C(=O)O)c2C)c1. The maximum absolute atomic E-state index is 12.8. The van der Waals surface area contributed by atoms with Gasteiger partial charge in [0.1, 0.15) is 0 Å². The predicted molar refractivity (Wildman–Crippen MR) is 105 cm³/mol. The van der Waals surface area contributed by atoms with Gasteiger partial charge < -0.3 is 9.84 Å². The molecule has 0 amide bonds. The van der Waals surface area contributed by atoms with Crippen LogP contribution in [0.1, 0.15) is 47.8 Å². The van der Waals surface area contributed by atoms with Gasteiger partial charge >= 0.3 is 5.97 Å². The lowest BCUT2D eigenvalue weighted by Gasteiger charge is -2.20. The van der Waals surface area contributed by atoms with Crippen LogP contribution in [-0.2, 0) is 21.4 Å². The summed E-state index contributed by atoms with van der Waals surface area (Å²) < 4.78 is 33.9. The zero-order valence-corrected chi connectivity index (χ0v) is 17.0. The van der Waals surface area contributed by atoms with E-state index in [1.54, 1.807) is 25.1 Å². The average Bonchev–Trinajstić information content (AvgIpc) is 2.53. The number of carboxylic acids is 1. The van der Waals surface area contributed by atoms with Crippen LogP contribution in [0.4, 0.5) is 5.69 Å². The molecule has 0 aliphatic carbocycles. The lowest BCUT2D eigenvalue weighted by Crippen LogP contribution is -2.19. The van der Waals surface area contributed by atoms with Crippen molar-refractivity contribution < 1.29 is 23.1 Å². The first kappa shape index (κ1) is 20.9. The summed E-state index contributed by atoms with van der Waals surface area (Å²) in [5.41, 5.74) is 1.86. The second-order valence-corrected chi connectivity index (χ2v) is 9.13. The van der Waals surface area contributed by atoms with Gasteiger partial charge in [-0.1, -0.05) is 12.1 Å². The Kier molecular flexibility index (Phi) is 5.97. The maximum atomic E-state index is 12.8. The van der Waals surface area contributed by atoms with Crippen LogP contribution in [0.25, 0.3) is 0 Å². The third-order valence-corrected chi connectivity index (χ3v) is 5.25. The minimum absolute atomic E-state index is 0.0544. The average molecular weight is 391 g/mol. The third-order valence-electron chi connectivity index (χ3n) is 3.90. The van der Waals surface area contributed by atoms with Crippen LogP contribution in [-0.4, -0.2) is 25.1 Å². The number of aromatic carboxylic acids is 1. The Hall–Kier alpha value is -2.38. The van der Waals surface area contributed by atoms with Crippen molar-refractivity contribution >= 4 is 21.7 Å². The topological polar surface area (TPSA) is 92.7 Å². The van der Waals surface area contributed by atoms with Crippen LogP contribution in [0.3, 0.4) is 0 Å². The van der Waals surface area contributed by atoms with Gasteiger partial charge in [0, 0.05) is 0 Å². The molecule has 0 heterocycles. The molecule has 0 saturated heterocycles. The van der Waals surface area contributed by atoms with Crippen molar-refractivity contribution in [2.45, 2.75) is 51.7 Å². The monoisotopic (exact) mass is 391 g/mol. The van der Waals surface area contributed by atoms with E-state index in [4.69, 9.17) is 4.74 Å². The fraction of sp³-hybridized carbons (Fsp3) is 0.350. The second-order valence-electron chi connectivity index (χ2n) is 7.44. The maximum Gasteiger partial charge on any atom is 0.336 e. The molecule has 0 saturated carbocycles. The number of hydrogen-bond acceptors (Lipinski definition) is 4. The largest absolute Gasteiger partial charge is 0.478 e. The number of carbonyl (C=O) groups is 1. The van der Waals surface area contributed by atoms with Gasteiger partial charge in [-0.15, -0.1) is 0 Å². The number of benzene rings is 2. The lowest BCUT2D eigenvalue weighted by atomic mass is 10.1. The van der Waals surface area contributed by atoms with Crippen molar-refractivity contribution in [3.8, 4) is 0 Å². The number of hydrogen-bond donors (Lipinski definition) is 2. The summed E-state index contributed by atoms with van der Waals surface area (Å²) in [4.78, 5) is 11.4. The van der Waals surface area contributed by atoms with Gasteiger partial charge in [-0.2, -0.15) is 0 Å². The smallest absolute Gasteiger partial charge is 0.336 e. The highest BCUT2D eigenvalue weighted by Crippen LogP contribution is 2.24. The molecule has 6 nitrogen and oxygen atoms in total. The van der Waals surface area contributed by atoms with Crippen LogP contribution >= 0.6 is 0 Å². The van der Waals surface area contributed by atoms with E-state index in [1.165, 1.54) is 12.1 Å². The van der Waals surface area contributed by atoms with E-state index in [2.05, 4.69) is 4.72 Å². The first-order chi connectivity index (χ1) is 12.4. The van der Waals surface area contributed by atoms with Crippen LogP contribution < -0.4 is 4.72 Å². The van der Waals surface area contributed by atoms with E-state index in [9.17, 15) is 18.3 Å². The van der Waals surface area contributed by atoms with E-state index in [0.29, 0.717) is 12.2 Å². The zero-order valence-electron chi connectivity index (χ0n) is 16.2. The number of anilines is 1.